The minimum atomic E-state index is -0.0836. The zero-order valence-electron chi connectivity index (χ0n) is 12.0. The second-order valence-electron chi connectivity index (χ2n) is 5.81. The molecule has 3 rings (SSSR count). The van der Waals surface area contributed by atoms with Gasteiger partial charge >= 0.3 is 0 Å². The molecule has 1 amide bonds. The molecule has 0 aromatic heterocycles. The summed E-state index contributed by atoms with van der Waals surface area (Å²) in [5, 5.41) is 3.33. The van der Waals surface area contributed by atoms with Gasteiger partial charge in [0.05, 0.1) is 0 Å². The van der Waals surface area contributed by atoms with Crippen LogP contribution in [0.3, 0.4) is 0 Å². The summed E-state index contributed by atoms with van der Waals surface area (Å²) >= 11 is 5.33. The van der Waals surface area contributed by atoms with Gasteiger partial charge in [0.1, 0.15) is 5.70 Å². The van der Waals surface area contributed by atoms with Crippen LogP contribution in [0.1, 0.15) is 37.7 Å². The van der Waals surface area contributed by atoms with Gasteiger partial charge < -0.3 is 4.90 Å². The van der Waals surface area contributed by atoms with Crippen molar-refractivity contribution in [2.45, 2.75) is 32.1 Å². The number of carbonyl (C=O) groups excluding carboxylic acids is 1. The van der Waals surface area contributed by atoms with Gasteiger partial charge in [-0.15, -0.1) is 0 Å². The minimum absolute atomic E-state index is 0.0836. The lowest BCUT2D eigenvalue weighted by molar-refractivity contribution is -0.115. The third-order valence-electron chi connectivity index (χ3n) is 4.26. The van der Waals surface area contributed by atoms with Crippen LogP contribution in [-0.2, 0) is 4.79 Å². The summed E-state index contributed by atoms with van der Waals surface area (Å²) in [6.07, 6.45) is 8.34. The number of nitrogens with zero attached hydrogens (tertiary/aromatic N) is 1. The van der Waals surface area contributed by atoms with Gasteiger partial charge in [-0.05, 0) is 42.6 Å². The molecular weight excluding hydrogens is 280 g/mol. The zero-order valence-corrected chi connectivity index (χ0v) is 12.9. The quantitative estimate of drug-likeness (QED) is 0.686. The van der Waals surface area contributed by atoms with Crippen LogP contribution in [0.2, 0.25) is 0 Å². The number of rotatable bonds is 3. The molecule has 0 spiro atoms. The van der Waals surface area contributed by atoms with Crippen LogP contribution >= 0.6 is 12.2 Å². The van der Waals surface area contributed by atoms with E-state index in [9.17, 15) is 4.79 Å². The molecule has 1 heterocycles. The Morgan fingerprint density at radius 3 is 2.62 bits per heavy atom. The molecule has 4 heteroatoms. The van der Waals surface area contributed by atoms with Gasteiger partial charge in [-0.25, -0.2) is 0 Å². The van der Waals surface area contributed by atoms with Gasteiger partial charge in [0, 0.05) is 6.54 Å². The topological polar surface area (TPSA) is 32.3 Å². The third kappa shape index (κ3) is 3.32. The van der Waals surface area contributed by atoms with E-state index in [-0.39, 0.29) is 5.91 Å². The summed E-state index contributed by atoms with van der Waals surface area (Å²) in [5.41, 5.74) is 1.71. The molecular formula is C17H20N2OS. The molecule has 3 nitrogen and oxygen atoms in total. The maximum atomic E-state index is 12.1. The fourth-order valence-electron chi connectivity index (χ4n) is 3.12. The van der Waals surface area contributed by atoms with Crippen molar-refractivity contribution in [2.24, 2.45) is 5.92 Å². The third-order valence-corrected chi connectivity index (χ3v) is 4.58. The Bertz CT molecular complexity index is 561. The molecule has 21 heavy (non-hydrogen) atoms. The van der Waals surface area contributed by atoms with E-state index < -0.39 is 0 Å². The van der Waals surface area contributed by atoms with Crippen LogP contribution in [-0.4, -0.2) is 22.5 Å². The van der Waals surface area contributed by atoms with Crippen molar-refractivity contribution >= 4 is 29.3 Å². The highest BCUT2D eigenvalue weighted by Gasteiger charge is 2.31. The van der Waals surface area contributed by atoms with Gasteiger partial charge in [-0.3, -0.25) is 10.1 Å². The number of thiocarbonyl (C=S) groups is 1. The monoisotopic (exact) mass is 300 g/mol. The Balaban J connectivity index is 1.80. The van der Waals surface area contributed by atoms with E-state index in [0.29, 0.717) is 16.7 Å². The van der Waals surface area contributed by atoms with Crippen LogP contribution < -0.4 is 5.32 Å². The molecule has 0 unspecified atom stereocenters. The minimum Gasteiger partial charge on any atom is -0.314 e. The molecule has 2 fully saturated rings. The number of amides is 1. The highest BCUT2D eigenvalue weighted by atomic mass is 32.1. The zero-order chi connectivity index (χ0) is 14.7. The predicted octanol–water partition coefficient (Wildman–Crippen LogP) is 3.32. The summed E-state index contributed by atoms with van der Waals surface area (Å²) in [6, 6.07) is 9.92. The summed E-state index contributed by atoms with van der Waals surface area (Å²) in [7, 11) is 0. The molecule has 1 aromatic rings. The van der Waals surface area contributed by atoms with Crippen molar-refractivity contribution in [2.75, 3.05) is 6.54 Å². The number of carbonyl (C=O) groups is 1. The van der Waals surface area contributed by atoms with E-state index in [2.05, 4.69) is 5.32 Å². The van der Waals surface area contributed by atoms with Gasteiger partial charge in [-0.1, -0.05) is 49.6 Å². The first-order valence-electron chi connectivity index (χ1n) is 7.63. The number of benzene rings is 1. The lowest BCUT2D eigenvalue weighted by Crippen LogP contribution is -2.32. The molecule has 0 bridgehead atoms. The predicted molar refractivity (Wildman–Crippen MR) is 88.4 cm³/mol. The van der Waals surface area contributed by atoms with Gasteiger partial charge in [0.25, 0.3) is 5.91 Å². The Labute approximate surface area is 131 Å². The molecule has 110 valence electrons. The van der Waals surface area contributed by atoms with Crippen LogP contribution in [0.4, 0.5) is 0 Å². The van der Waals surface area contributed by atoms with Crippen LogP contribution in [0.25, 0.3) is 6.08 Å². The lowest BCUT2D eigenvalue weighted by atomic mass is 9.89. The number of nitrogens with one attached hydrogen (secondary N) is 1. The Morgan fingerprint density at radius 2 is 1.90 bits per heavy atom. The van der Waals surface area contributed by atoms with E-state index in [1.807, 2.05) is 41.3 Å². The lowest BCUT2D eigenvalue weighted by Gasteiger charge is -2.27. The number of hydrogen-bond donors (Lipinski definition) is 1. The van der Waals surface area contributed by atoms with Crippen molar-refractivity contribution in [3.05, 3.63) is 41.6 Å². The van der Waals surface area contributed by atoms with Crippen molar-refractivity contribution in [1.82, 2.24) is 10.2 Å². The second-order valence-corrected chi connectivity index (χ2v) is 6.20. The maximum Gasteiger partial charge on any atom is 0.274 e. The van der Waals surface area contributed by atoms with Gasteiger partial charge in [-0.2, -0.15) is 0 Å². The van der Waals surface area contributed by atoms with E-state index in [1.165, 1.54) is 32.1 Å². The average Bonchev–Trinajstić information content (AvgIpc) is 2.76. The summed E-state index contributed by atoms with van der Waals surface area (Å²) in [4.78, 5) is 14.1. The highest BCUT2D eigenvalue weighted by Crippen LogP contribution is 2.27. The molecule has 2 aliphatic rings. The maximum absolute atomic E-state index is 12.1. The summed E-state index contributed by atoms with van der Waals surface area (Å²) in [6.45, 7) is 0.857. The van der Waals surface area contributed by atoms with Crippen molar-refractivity contribution in [1.29, 1.82) is 0 Å². The molecule has 1 saturated heterocycles. The van der Waals surface area contributed by atoms with Crippen LogP contribution in [0, 0.1) is 5.92 Å². The van der Waals surface area contributed by atoms with E-state index >= 15 is 0 Å². The first-order chi connectivity index (χ1) is 10.2. The second kappa shape index (κ2) is 6.39. The molecule has 1 aliphatic heterocycles. The summed E-state index contributed by atoms with van der Waals surface area (Å²) < 4.78 is 0. The summed E-state index contributed by atoms with van der Waals surface area (Å²) in [5.74, 6) is 0.559. The normalized spacial score (nSPS) is 21.9. The fourth-order valence-corrected chi connectivity index (χ4v) is 3.39. The fraction of sp³-hybridized carbons (Fsp3) is 0.412. The van der Waals surface area contributed by atoms with Crippen molar-refractivity contribution < 1.29 is 4.79 Å². The molecule has 0 radical (unpaired) electrons. The van der Waals surface area contributed by atoms with E-state index in [1.54, 1.807) is 0 Å². The van der Waals surface area contributed by atoms with Gasteiger partial charge in [0.15, 0.2) is 5.11 Å². The van der Waals surface area contributed by atoms with Crippen molar-refractivity contribution in [3.8, 4) is 0 Å². The van der Waals surface area contributed by atoms with Crippen LogP contribution in [0.5, 0.6) is 0 Å². The Morgan fingerprint density at radius 1 is 1.19 bits per heavy atom. The van der Waals surface area contributed by atoms with Crippen LogP contribution in [0.15, 0.2) is 36.0 Å². The molecule has 1 N–H and O–H groups in total. The van der Waals surface area contributed by atoms with E-state index in [4.69, 9.17) is 12.2 Å². The molecule has 1 aromatic carbocycles. The molecule has 1 saturated carbocycles. The SMILES string of the molecule is O=C1NC(=S)N(CC2CCCCC2)/C1=C/c1ccccc1. The van der Waals surface area contributed by atoms with Crippen molar-refractivity contribution in [3.63, 3.8) is 0 Å². The largest absolute Gasteiger partial charge is 0.314 e. The number of hydrogen-bond acceptors (Lipinski definition) is 2. The highest BCUT2D eigenvalue weighted by molar-refractivity contribution is 7.80. The first kappa shape index (κ1) is 14.3. The first-order valence-corrected chi connectivity index (χ1v) is 8.04. The standard InChI is InChI=1S/C17H20N2OS/c20-16-15(11-13-7-3-1-4-8-13)19(17(21)18-16)12-14-9-5-2-6-10-14/h1,3-4,7-8,11,14H,2,5-6,9-10,12H2,(H,18,20,21)/b15-11+. The Kier molecular flexibility index (Phi) is 4.34. The van der Waals surface area contributed by atoms with E-state index in [0.717, 1.165) is 12.1 Å². The Hall–Kier alpha value is -1.68. The molecule has 0 atom stereocenters. The molecule has 1 aliphatic carbocycles. The average molecular weight is 300 g/mol. The smallest absolute Gasteiger partial charge is 0.274 e. The van der Waals surface area contributed by atoms with Gasteiger partial charge in [0.2, 0.25) is 0 Å².